The van der Waals surface area contributed by atoms with Gasteiger partial charge in [0.2, 0.25) is 0 Å². The number of hydrogen-bond acceptors (Lipinski definition) is 9. The molecular formula is C49H39F9O6S5. The van der Waals surface area contributed by atoms with Crippen molar-refractivity contribution in [2.24, 2.45) is 0 Å². The third-order valence-corrected chi connectivity index (χ3v) is 16.2. The average Bonchev–Trinajstić information content (AvgIpc) is 3.24. The largest absolute Gasteiger partial charge is 0.743 e. The second-order valence-electron chi connectivity index (χ2n) is 15.2. The quantitative estimate of drug-likeness (QED) is 0.0430. The van der Waals surface area contributed by atoms with Gasteiger partial charge in [0.15, 0.2) is 42.2 Å². The summed E-state index contributed by atoms with van der Waals surface area (Å²) in [6, 6.07) is 44.5. The predicted molar refractivity (Wildman–Crippen MR) is 248 cm³/mol. The first-order chi connectivity index (χ1) is 31.9. The first-order valence-corrected chi connectivity index (χ1v) is 25.1. The molecule has 0 fully saturated rings. The minimum Gasteiger partial charge on any atom is -0.743 e. The molecule has 0 amide bonds. The zero-order valence-electron chi connectivity index (χ0n) is 37.0. The van der Waals surface area contributed by atoms with Crippen molar-refractivity contribution in [1.29, 1.82) is 0 Å². The molecule has 0 unspecified atom stereocenters. The summed E-state index contributed by atoms with van der Waals surface area (Å²) in [5.74, 6) is -14.6. The summed E-state index contributed by atoms with van der Waals surface area (Å²) in [4.78, 5) is 46.2. The number of halogens is 9. The molecule has 6 aromatic rings. The SMILES string of the molecule is CC(=O)c1ccc(Sc2ccc([S+](c3ccc(Sc4ccc(C(C)=O)c(C)c4)cc3)c3ccc(Sc4ccc(C(C)=O)c(C)c4)cc3)cc2)cc1C.O=S(=O)([O-])C(F)(F)C(F)(F)C(F)(F)C(F)(F)F. The fourth-order valence-corrected chi connectivity index (χ4v) is 11.8. The van der Waals surface area contributed by atoms with Crippen LogP contribution in [0.1, 0.15) is 68.5 Å². The third-order valence-electron chi connectivity index (χ3n) is 10.0. The summed E-state index contributed by atoms with van der Waals surface area (Å²) in [6.07, 6.45) is -7.16. The van der Waals surface area contributed by atoms with Gasteiger partial charge in [0.25, 0.3) is 0 Å². The molecule has 0 aliphatic carbocycles. The smallest absolute Gasteiger partial charge is 0.460 e. The van der Waals surface area contributed by atoms with Gasteiger partial charge in [-0.2, -0.15) is 39.5 Å². The van der Waals surface area contributed by atoms with Crippen molar-refractivity contribution in [1.82, 2.24) is 0 Å². The molecular weight excluding hydrogens is 1020 g/mol. The number of rotatable bonds is 15. The van der Waals surface area contributed by atoms with Crippen LogP contribution in [-0.2, 0) is 21.0 Å². The van der Waals surface area contributed by atoms with Gasteiger partial charge in [0.1, 0.15) is 0 Å². The van der Waals surface area contributed by atoms with Crippen molar-refractivity contribution in [3.63, 3.8) is 0 Å². The van der Waals surface area contributed by atoms with Crippen molar-refractivity contribution < 1.29 is 66.9 Å². The Morgan fingerprint density at radius 2 is 0.681 bits per heavy atom. The Hall–Kier alpha value is -4.99. The van der Waals surface area contributed by atoms with Crippen LogP contribution in [0.5, 0.6) is 0 Å². The van der Waals surface area contributed by atoms with Gasteiger partial charge in [-0.15, -0.1) is 0 Å². The summed E-state index contributed by atoms with van der Waals surface area (Å²) >= 11 is 5.09. The summed E-state index contributed by atoms with van der Waals surface area (Å²) in [5.41, 5.74) is 5.26. The summed E-state index contributed by atoms with van der Waals surface area (Å²) in [6.45, 7) is 10.8. The zero-order chi connectivity index (χ0) is 51.4. The van der Waals surface area contributed by atoms with E-state index in [1.165, 1.54) is 14.7 Å². The molecule has 0 aliphatic rings. The topological polar surface area (TPSA) is 108 Å². The predicted octanol–water partition coefficient (Wildman–Crippen LogP) is 14.7. The van der Waals surface area contributed by atoms with E-state index in [4.69, 9.17) is 0 Å². The van der Waals surface area contributed by atoms with Crippen molar-refractivity contribution >= 4 is 73.6 Å². The molecule has 6 nitrogen and oxygen atoms in total. The highest BCUT2D eigenvalue weighted by Gasteiger charge is 2.83. The number of alkyl halides is 9. The van der Waals surface area contributed by atoms with Gasteiger partial charge < -0.3 is 4.55 Å². The van der Waals surface area contributed by atoms with E-state index in [0.29, 0.717) is 0 Å². The number of carbonyl (C=O) groups excluding carboxylic acids is 3. The molecule has 0 aromatic heterocycles. The molecule has 0 bridgehead atoms. The molecule has 0 saturated heterocycles. The van der Waals surface area contributed by atoms with Gasteiger partial charge >= 0.3 is 23.3 Å². The molecule has 0 atom stereocenters. The second-order valence-corrected chi connectivity index (χ2v) is 22.1. The van der Waals surface area contributed by atoms with Crippen molar-refractivity contribution in [3.8, 4) is 0 Å². The third kappa shape index (κ3) is 12.7. The number of carbonyl (C=O) groups is 3. The summed E-state index contributed by atoms with van der Waals surface area (Å²) < 4.78 is 135. The molecule has 6 aromatic carbocycles. The molecule has 364 valence electrons. The van der Waals surface area contributed by atoms with Gasteiger partial charge in [0, 0.05) is 46.1 Å². The normalized spacial score (nSPS) is 12.4. The zero-order valence-corrected chi connectivity index (χ0v) is 41.1. The molecule has 0 heterocycles. The number of ketones is 3. The number of hydrogen-bond donors (Lipinski definition) is 0. The van der Waals surface area contributed by atoms with Crippen LogP contribution in [0.2, 0.25) is 0 Å². The Balaban J connectivity index is 0.000000445. The second kappa shape index (κ2) is 21.6. The molecule has 20 heteroatoms. The minimum absolute atomic E-state index is 0.0838. The lowest BCUT2D eigenvalue weighted by atomic mass is 10.1. The Morgan fingerprint density at radius 3 is 0.884 bits per heavy atom. The van der Waals surface area contributed by atoms with Crippen LogP contribution in [0.15, 0.2) is 171 Å². The van der Waals surface area contributed by atoms with Gasteiger partial charge in [0.05, 0.1) is 10.9 Å². The van der Waals surface area contributed by atoms with Gasteiger partial charge in [-0.05, 0) is 167 Å². The van der Waals surface area contributed by atoms with Crippen LogP contribution >= 0.6 is 35.3 Å². The van der Waals surface area contributed by atoms with Crippen molar-refractivity contribution in [2.75, 3.05) is 0 Å². The van der Waals surface area contributed by atoms with Crippen LogP contribution in [0, 0.1) is 20.8 Å². The lowest BCUT2D eigenvalue weighted by Gasteiger charge is -2.34. The maximum Gasteiger partial charge on any atom is 0.460 e. The molecule has 0 spiro atoms. The highest BCUT2D eigenvalue weighted by Crippen LogP contribution is 2.54. The monoisotopic (exact) mass is 1050 g/mol. The van der Waals surface area contributed by atoms with E-state index >= 15 is 0 Å². The standard InChI is InChI=1S/C45H39O3S4.C4HF9O3S/c1-28-25-37(13-22-43(28)31(4)46)49-34-7-16-40(17-8-34)52(41-18-9-35(10-19-41)50-38-14-23-44(32(5)47)29(2)26-38)42-20-11-36(12-21-42)51-39-15-24-45(33(6)48)30(3)27-39;5-1(6,3(9,10)11)2(7,8)4(12,13)17(14,15)16/h7-27H,1-6H3;(H,14,15,16)/q+1;/p-1. The van der Waals surface area contributed by atoms with Crippen LogP contribution in [-0.4, -0.2) is 53.6 Å². The Morgan fingerprint density at radius 1 is 0.435 bits per heavy atom. The van der Waals surface area contributed by atoms with E-state index in [1.54, 1.807) is 56.1 Å². The molecule has 6 rings (SSSR count). The van der Waals surface area contributed by atoms with Gasteiger partial charge in [-0.3, -0.25) is 14.4 Å². The maximum atomic E-state index is 12.2. The van der Waals surface area contributed by atoms with Crippen LogP contribution in [0.3, 0.4) is 0 Å². The summed E-state index contributed by atoms with van der Waals surface area (Å²) in [5, 5.41) is -7.11. The minimum atomic E-state index is -7.43. The lowest BCUT2D eigenvalue weighted by molar-refractivity contribution is -0.382. The fourth-order valence-electron chi connectivity index (χ4n) is 6.55. The average molecular weight is 1060 g/mol. The molecule has 69 heavy (non-hydrogen) atoms. The first kappa shape index (κ1) is 54.9. The highest BCUT2D eigenvalue weighted by atomic mass is 32.2. The Bertz CT molecular complexity index is 2720. The van der Waals surface area contributed by atoms with E-state index in [2.05, 4.69) is 91.0 Å². The number of benzene rings is 6. The highest BCUT2D eigenvalue weighted by molar-refractivity contribution is 8.00. The summed E-state index contributed by atoms with van der Waals surface area (Å²) in [7, 11) is -7.77. The molecule has 0 saturated carbocycles. The van der Waals surface area contributed by atoms with Crippen LogP contribution < -0.4 is 0 Å². The van der Waals surface area contributed by atoms with Gasteiger partial charge in [-0.1, -0.05) is 53.5 Å². The molecule has 0 radical (unpaired) electrons. The van der Waals surface area contributed by atoms with E-state index < -0.39 is 33.4 Å². The van der Waals surface area contributed by atoms with E-state index in [0.717, 1.165) is 62.8 Å². The van der Waals surface area contributed by atoms with Crippen LogP contribution in [0.4, 0.5) is 39.5 Å². The Kier molecular flexibility index (Phi) is 17.2. The van der Waals surface area contributed by atoms with Crippen LogP contribution in [0.25, 0.3) is 0 Å². The van der Waals surface area contributed by atoms with Crippen molar-refractivity contribution in [3.05, 3.63) is 161 Å². The van der Waals surface area contributed by atoms with E-state index in [-0.39, 0.29) is 28.2 Å². The van der Waals surface area contributed by atoms with Crippen molar-refractivity contribution in [2.45, 2.75) is 109 Å². The first-order valence-electron chi connectivity index (χ1n) is 20.0. The lowest BCUT2D eigenvalue weighted by Crippen LogP contribution is -2.63. The van der Waals surface area contributed by atoms with E-state index in [9.17, 15) is 66.9 Å². The fraction of sp³-hybridized carbons (Fsp3) is 0.204. The number of aryl methyl sites for hydroxylation is 3. The maximum absolute atomic E-state index is 12.2. The van der Waals surface area contributed by atoms with E-state index in [1.807, 2.05) is 57.2 Å². The molecule has 0 N–H and O–H groups in total. The molecule has 0 aliphatic heterocycles. The van der Waals surface area contributed by atoms with Gasteiger partial charge in [-0.25, -0.2) is 8.42 Å². The Labute approximate surface area is 408 Å². The number of Topliss-reactive ketones (excluding diaryl/α,β-unsaturated/α-hetero) is 3.